The molecule has 0 bridgehead atoms. The molecule has 0 fully saturated rings. The van der Waals surface area contributed by atoms with Crippen LogP contribution >= 0.6 is 22.6 Å². The molecule has 1 aromatic heterocycles. The molecular formula is C21H22IN3O5S. The van der Waals surface area contributed by atoms with Crippen molar-refractivity contribution in [1.29, 1.82) is 0 Å². The molecule has 2 aromatic rings. The third kappa shape index (κ3) is 5.76. The molecule has 10 heteroatoms. The number of methoxy groups -OCH3 is 1. The summed E-state index contributed by atoms with van der Waals surface area (Å²) in [5, 5.41) is 0. The van der Waals surface area contributed by atoms with Crippen molar-refractivity contribution in [2.75, 3.05) is 13.4 Å². The van der Waals surface area contributed by atoms with Crippen molar-refractivity contribution in [3.8, 4) is 11.4 Å². The molecule has 2 atom stereocenters. The van der Waals surface area contributed by atoms with Crippen LogP contribution in [0.15, 0.2) is 64.0 Å². The summed E-state index contributed by atoms with van der Waals surface area (Å²) in [7, 11) is -1.75. The fourth-order valence-electron chi connectivity index (χ4n) is 3.27. The summed E-state index contributed by atoms with van der Waals surface area (Å²) in [6.45, 7) is 2.00. The lowest BCUT2D eigenvalue weighted by Gasteiger charge is -2.20. The van der Waals surface area contributed by atoms with Crippen LogP contribution < -0.4 is 20.7 Å². The van der Waals surface area contributed by atoms with Crippen LogP contribution in [0.5, 0.6) is 5.75 Å². The topological polar surface area (TPSA) is 110 Å². The monoisotopic (exact) mass is 555 g/mol. The van der Waals surface area contributed by atoms with Gasteiger partial charge in [0.15, 0.2) is 0 Å². The molecule has 8 nitrogen and oxygen atoms in total. The molecule has 0 radical (unpaired) electrons. The van der Waals surface area contributed by atoms with E-state index in [0.29, 0.717) is 17.1 Å². The van der Waals surface area contributed by atoms with Crippen molar-refractivity contribution >= 4 is 38.7 Å². The number of aromatic nitrogens is 2. The van der Waals surface area contributed by atoms with Crippen molar-refractivity contribution in [1.82, 2.24) is 14.3 Å². The standard InChI is InChI=1S/C21H22IN3O5S/c1-13-10-16(24-31(3,28)29)7-6-14(13)4-5-15-11-17(12-18(22)20(15)30-2)25-9-8-19(26)23-21(25)27/h4-14,24H,1-3H3,(H,23,26,27)/b5-4+. The highest BCUT2D eigenvalue weighted by Gasteiger charge is 2.17. The molecule has 2 N–H and O–H groups in total. The van der Waals surface area contributed by atoms with Crippen LogP contribution in [0.4, 0.5) is 0 Å². The first-order chi connectivity index (χ1) is 14.6. The van der Waals surface area contributed by atoms with Crippen molar-refractivity contribution in [2.45, 2.75) is 6.92 Å². The highest BCUT2D eigenvalue weighted by molar-refractivity contribution is 14.1. The summed E-state index contributed by atoms with van der Waals surface area (Å²) in [6, 6.07) is 4.89. The number of H-pyrrole nitrogens is 1. The highest BCUT2D eigenvalue weighted by atomic mass is 127. The van der Waals surface area contributed by atoms with Crippen molar-refractivity contribution in [3.63, 3.8) is 0 Å². The van der Waals surface area contributed by atoms with Gasteiger partial charge in [0, 0.05) is 29.4 Å². The predicted octanol–water partition coefficient (Wildman–Crippen LogP) is 2.41. The first-order valence-corrected chi connectivity index (χ1v) is 12.3. The Labute approximate surface area is 193 Å². The first kappa shape index (κ1) is 23.1. The van der Waals surface area contributed by atoms with E-state index in [-0.39, 0.29) is 11.8 Å². The number of benzene rings is 1. The molecule has 1 aliphatic carbocycles. The second kappa shape index (κ2) is 9.27. The van der Waals surface area contributed by atoms with Crippen molar-refractivity contribution < 1.29 is 13.2 Å². The van der Waals surface area contributed by atoms with E-state index in [1.807, 2.05) is 31.2 Å². The highest BCUT2D eigenvalue weighted by Crippen LogP contribution is 2.31. The Hall–Kier alpha value is -2.60. The van der Waals surface area contributed by atoms with Gasteiger partial charge in [-0.1, -0.05) is 31.2 Å². The molecule has 164 valence electrons. The van der Waals surface area contributed by atoms with Gasteiger partial charge in [-0.15, -0.1) is 0 Å². The van der Waals surface area contributed by atoms with Gasteiger partial charge in [0.1, 0.15) is 5.75 Å². The van der Waals surface area contributed by atoms with Crippen LogP contribution in [0.1, 0.15) is 12.5 Å². The number of rotatable bonds is 6. The Morgan fingerprint density at radius 2 is 2.03 bits per heavy atom. The second-order valence-corrected chi connectivity index (χ2v) is 10.1. The zero-order valence-corrected chi connectivity index (χ0v) is 20.1. The minimum Gasteiger partial charge on any atom is -0.495 e. The van der Waals surface area contributed by atoms with Gasteiger partial charge < -0.3 is 4.74 Å². The summed E-state index contributed by atoms with van der Waals surface area (Å²) in [4.78, 5) is 25.8. The zero-order valence-electron chi connectivity index (χ0n) is 17.1. The summed E-state index contributed by atoms with van der Waals surface area (Å²) < 4.78 is 33.1. The van der Waals surface area contributed by atoms with Crippen LogP contribution in [0.2, 0.25) is 0 Å². The smallest absolute Gasteiger partial charge is 0.332 e. The maximum absolute atomic E-state index is 12.2. The van der Waals surface area contributed by atoms with E-state index in [9.17, 15) is 18.0 Å². The van der Waals surface area contributed by atoms with Gasteiger partial charge in [0.25, 0.3) is 5.56 Å². The lowest BCUT2D eigenvalue weighted by Crippen LogP contribution is -2.27. The molecule has 31 heavy (non-hydrogen) atoms. The molecule has 0 saturated carbocycles. The number of halogens is 1. The molecule has 0 saturated heterocycles. The lowest BCUT2D eigenvalue weighted by atomic mass is 9.88. The molecule has 1 heterocycles. The van der Waals surface area contributed by atoms with E-state index in [0.717, 1.165) is 15.4 Å². The first-order valence-electron chi connectivity index (χ1n) is 9.33. The third-order valence-electron chi connectivity index (χ3n) is 4.71. The fraction of sp³-hybridized carbons (Fsp3) is 0.238. The summed E-state index contributed by atoms with van der Waals surface area (Å²) in [5.74, 6) is 0.785. The van der Waals surface area contributed by atoms with Crippen LogP contribution in [0.3, 0.4) is 0 Å². The summed E-state index contributed by atoms with van der Waals surface area (Å²) in [6.07, 6.45) is 12.0. The average molecular weight is 555 g/mol. The van der Waals surface area contributed by atoms with Crippen LogP contribution in [0, 0.1) is 15.4 Å². The Bertz CT molecular complexity index is 1310. The quantitative estimate of drug-likeness (QED) is 0.533. The molecule has 0 amide bonds. The van der Waals surface area contributed by atoms with E-state index in [4.69, 9.17) is 4.74 Å². The Morgan fingerprint density at radius 3 is 2.65 bits per heavy atom. The van der Waals surface area contributed by atoms with Gasteiger partial charge in [-0.25, -0.2) is 13.2 Å². The van der Waals surface area contributed by atoms with E-state index in [1.54, 1.807) is 25.3 Å². The Morgan fingerprint density at radius 1 is 1.29 bits per heavy atom. The Kier molecular flexibility index (Phi) is 6.90. The average Bonchev–Trinajstić information content (AvgIpc) is 2.65. The summed E-state index contributed by atoms with van der Waals surface area (Å²) >= 11 is 2.14. The number of hydrogen-bond acceptors (Lipinski definition) is 5. The minimum absolute atomic E-state index is 0.0481. The predicted molar refractivity (Wildman–Crippen MR) is 129 cm³/mol. The minimum atomic E-state index is -3.33. The number of ether oxygens (including phenoxy) is 1. The van der Waals surface area contributed by atoms with Crippen LogP contribution in [-0.2, 0) is 10.0 Å². The van der Waals surface area contributed by atoms with E-state index >= 15 is 0 Å². The van der Waals surface area contributed by atoms with Crippen molar-refractivity contribution in [2.24, 2.45) is 11.8 Å². The SMILES string of the molecule is COc1c(I)cc(-n2ccc(=O)[nH]c2=O)cc1/C=C/C1C=CC(NS(C)(=O)=O)=CC1C. The normalized spacial score (nSPS) is 18.8. The van der Waals surface area contributed by atoms with Gasteiger partial charge >= 0.3 is 5.69 Å². The molecule has 1 aliphatic rings. The maximum Gasteiger partial charge on any atom is 0.332 e. The largest absolute Gasteiger partial charge is 0.495 e. The number of nitrogens with one attached hydrogen (secondary N) is 2. The molecule has 0 aliphatic heterocycles. The van der Waals surface area contributed by atoms with Gasteiger partial charge in [-0.2, -0.15) is 0 Å². The van der Waals surface area contributed by atoms with Crippen molar-refractivity contribution in [3.05, 3.63) is 84.4 Å². The van der Waals surface area contributed by atoms with E-state index < -0.39 is 21.3 Å². The molecule has 1 aromatic carbocycles. The fourth-order valence-corrected chi connectivity index (χ4v) is 4.69. The lowest BCUT2D eigenvalue weighted by molar-refractivity contribution is 0.410. The van der Waals surface area contributed by atoms with E-state index in [2.05, 4.69) is 32.3 Å². The molecule has 3 rings (SSSR count). The zero-order chi connectivity index (χ0) is 22.8. The Balaban J connectivity index is 1.93. The number of nitrogens with zero attached hydrogens (tertiary/aromatic N) is 1. The van der Waals surface area contributed by atoms with Gasteiger partial charge in [-0.05, 0) is 46.7 Å². The number of allylic oxidation sites excluding steroid dienone is 4. The number of sulfonamides is 1. The number of aromatic amines is 1. The van der Waals surface area contributed by atoms with Gasteiger partial charge in [-0.3, -0.25) is 19.1 Å². The van der Waals surface area contributed by atoms with Crippen LogP contribution in [-0.4, -0.2) is 31.3 Å². The van der Waals surface area contributed by atoms with Gasteiger partial charge in [0.2, 0.25) is 10.0 Å². The van der Waals surface area contributed by atoms with Crippen LogP contribution in [0.25, 0.3) is 11.8 Å². The molecular weight excluding hydrogens is 533 g/mol. The molecule has 2 unspecified atom stereocenters. The second-order valence-electron chi connectivity index (χ2n) is 7.18. The third-order valence-corrected chi connectivity index (χ3v) is 6.12. The molecule has 0 spiro atoms. The number of hydrogen-bond donors (Lipinski definition) is 2. The van der Waals surface area contributed by atoms with Gasteiger partial charge in [0.05, 0.1) is 22.6 Å². The maximum atomic E-state index is 12.2. The van der Waals surface area contributed by atoms with E-state index in [1.165, 1.54) is 16.8 Å². The summed E-state index contributed by atoms with van der Waals surface area (Å²) in [5.41, 5.74) is 0.931.